The Bertz CT molecular complexity index is 125. The first kappa shape index (κ1) is 11.1. The fraction of sp³-hybridized carbons (Fsp3) is 0.750. The molecule has 0 spiro atoms. The second-order valence-electron chi connectivity index (χ2n) is 2.75. The Morgan fingerprint density at radius 2 is 2.00 bits per heavy atom. The number of aliphatic hydroxyl groups excluding tert-OH is 2. The van der Waals surface area contributed by atoms with Crippen molar-refractivity contribution in [2.45, 2.75) is 32.0 Å². The zero-order valence-electron chi connectivity index (χ0n) is 6.76. The van der Waals surface area contributed by atoms with Crippen molar-refractivity contribution < 1.29 is 10.2 Å². The van der Waals surface area contributed by atoms with Crippen LogP contribution in [0.4, 0.5) is 0 Å². The fourth-order valence-electron chi connectivity index (χ4n) is 0.674. The maximum atomic E-state index is 9.24. The summed E-state index contributed by atoms with van der Waals surface area (Å²) < 4.78 is 0. The predicted octanol–water partition coefficient (Wildman–Crippen LogP) is 1.46. The summed E-state index contributed by atoms with van der Waals surface area (Å²) in [4.78, 5) is 0. The molecule has 11 heavy (non-hydrogen) atoms. The SMILES string of the molecule is C=C(C)C(O)CCC(O)CBr. The number of alkyl halides is 1. The van der Waals surface area contributed by atoms with E-state index in [2.05, 4.69) is 22.5 Å². The van der Waals surface area contributed by atoms with Gasteiger partial charge in [0.05, 0.1) is 12.2 Å². The van der Waals surface area contributed by atoms with Crippen molar-refractivity contribution in [2.24, 2.45) is 0 Å². The van der Waals surface area contributed by atoms with E-state index in [-0.39, 0.29) is 6.10 Å². The van der Waals surface area contributed by atoms with E-state index in [0.717, 1.165) is 5.57 Å². The highest BCUT2D eigenvalue weighted by atomic mass is 79.9. The highest BCUT2D eigenvalue weighted by Gasteiger charge is 2.07. The molecule has 0 amide bonds. The summed E-state index contributed by atoms with van der Waals surface area (Å²) in [6.45, 7) is 5.40. The molecule has 0 heterocycles. The zero-order valence-corrected chi connectivity index (χ0v) is 8.34. The summed E-state index contributed by atoms with van der Waals surface area (Å²) in [5.41, 5.74) is 0.756. The molecule has 0 aromatic heterocycles. The van der Waals surface area contributed by atoms with Crippen molar-refractivity contribution in [1.82, 2.24) is 0 Å². The van der Waals surface area contributed by atoms with Crippen LogP contribution in [0.1, 0.15) is 19.8 Å². The molecule has 0 radical (unpaired) electrons. The van der Waals surface area contributed by atoms with Gasteiger partial charge in [-0.2, -0.15) is 0 Å². The summed E-state index contributed by atoms with van der Waals surface area (Å²) in [5, 5.41) is 18.9. The van der Waals surface area contributed by atoms with E-state index in [9.17, 15) is 5.11 Å². The largest absolute Gasteiger partial charge is 0.392 e. The van der Waals surface area contributed by atoms with Crippen LogP contribution in [0.2, 0.25) is 0 Å². The minimum absolute atomic E-state index is 0.357. The maximum Gasteiger partial charge on any atom is 0.0745 e. The molecule has 0 rings (SSSR count). The van der Waals surface area contributed by atoms with Crippen LogP contribution in [0.3, 0.4) is 0 Å². The highest BCUT2D eigenvalue weighted by Crippen LogP contribution is 2.08. The standard InChI is InChI=1S/C8H15BrO2/c1-6(2)8(11)4-3-7(10)5-9/h7-8,10-11H,1,3-5H2,2H3. The van der Waals surface area contributed by atoms with E-state index in [0.29, 0.717) is 18.2 Å². The minimum atomic E-state index is -0.469. The zero-order chi connectivity index (χ0) is 8.85. The molecule has 0 aromatic carbocycles. The molecule has 3 heteroatoms. The average Bonchev–Trinajstić information content (AvgIpc) is 1.99. The lowest BCUT2D eigenvalue weighted by atomic mass is 10.1. The Morgan fingerprint density at radius 3 is 2.36 bits per heavy atom. The van der Waals surface area contributed by atoms with Gasteiger partial charge in [-0.05, 0) is 19.8 Å². The summed E-state index contributed by atoms with van der Waals surface area (Å²) in [7, 11) is 0. The first-order valence-electron chi connectivity index (χ1n) is 3.65. The molecular formula is C8H15BrO2. The van der Waals surface area contributed by atoms with Crippen LogP contribution in [-0.2, 0) is 0 Å². The van der Waals surface area contributed by atoms with Crippen molar-refractivity contribution >= 4 is 15.9 Å². The van der Waals surface area contributed by atoms with Gasteiger partial charge in [-0.25, -0.2) is 0 Å². The lowest BCUT2D eigenvalue weighted by Gasteiger charge is -2.11. The molecule has 0 aliphatic carbocycles. The van der Waals surface area contributed by atoms with Gasteiger partial charge in [0.2, 0.25) is 0 Å². The number of hydrogen-bond donors (Lipinski definition) is 2. The Labute approximate surface area is 76.1 Å². The van der Waals surface area contributed by atoms with E-state index < -0.39 is 6.10 Å². The summed E-state index contributed by atoms with van der Waals surface area (Å²) >= 11 is 3.15. The first-order chi connectivity index (χ1) is 5.07. The molecule has 0 fully saturated rings. The van der Waals surface area contributed by atoms with E-state index >= 15 is 0 Å². The lowest BCUT2D eigenvalue weighted by Crippen LogP contribution is -2.14. The lowest BCUT2D eigenvalue weighted by molar-refractivity contribution is 0.144. The molecule has 0 aliphatic rings. The molecule has 2 nitrogen and oxygen atoms in total. The Balaban J connectivity index is 3.45. The average molecular weight is 223 g/mol. The minimum Gasteiger partial charge on any atom is -0.392 e. The van der Waals surface area contributed by atoms with Gasteiger partial charge in [-0.3, -0.25) is 0 Å². The van der Waals surface area contributed by atoms with Crippen molar-refractivity contribution in [3.8, 4) is 0 Å². The molecule has 66 valence electrons. The Morgan fingerprint density at radius 1 is 1.45 bits per heavy atom. The Kier molecular flexibility index (Phi) is 5.82. The van der Waals surface area contributed by atoms with Crippen molar-refractivity contribution in [3.05, 3.63) is 12.2 Å². The third kappa shape index (κ3) is 5.41. The molecule has 0 bridgehead atoms. The van der Waals surface area contributed by atoms with Crippen molar-refractivity contribution in [3.63, 3.8) is 0 Å². The molecule has 0 aromatic rings. The van der Waals surface area contributed by atoms with Crippen LogP contribution >= 0.6 is 15.9 Å². The van der Waals surface area contributed by atoms with Crippen LogP contribution < -0.4 is 0 Å². The van der Waals surface area contributed by atoms with E-state index in [1.807, 2.05) is 0 Å². The van der Waals surface area contributed by atoms with Gasteiger partial charge in [0.1, 0.15) is 0 Å². The number of rotatable bonds is 5. The number of aliphatic hydroxyl groups is 2. The van der Waals surface area contributed by atoms with Crippen molar-refractivity contribution in [1.29, 1.82) is 0 Å². The molecule has 0 saturated heterocycles. The Hall–Kier alpha value is 0.140. The summed E-state index contributed by atoms with van der Waals surface area (Å²) in [6.07, 6.45) is 0.370. The van der Waals surface area contributed by atoms with Gasteiger partial charge in [-0.15, -0.1) is 0 Å². The molecular weight excluding hydrogens is 208 g/mol. The quantitative estimate of drug-likeness (QED) is 0.547. The normalized spacial score (nSPS) is 16.0. The smallest absolute Gasteiger partial charge is 0.0745 e. The topological polar surface area (TPSA) is 40.5 Å². The van der Waals surface area contributed by atoms with E-state index in [4.69, 9.17) is 5.11 Å². The van der Waals surface area contributed by atoms with Gasteiger partial charge < -0.3 is 10.2 Å². The fourth-order valence-corrected chi connectivity index (χ4v) is 0.998. The molecule has 2 atom stereocenters. The number of hydrogen-bond acceptors (Lipinski definition) is 2. The van der Waals surface area contributed by atoms with Crippen molar-refractivity contribution in [2.75, 3.05) is 5.33 Å². The van der Waals surface area contributed by atoms with Crippen LogP contribution in [-0.4, -0.2) is 27.8 Å². The van der Waals surface area contributed by atoms with E-state index in [1.54, 1.807) is 6.92 Å². The van der Waals surface area contributed by atoms with Crippen LogP contribution in [0.15, 0.2) is 12.2 Å². The van der Waals surface area contributed by atoms with Gasteiger partial charge in [-0.1, -0.05) is 28.1 Å². The van der Waals surface area contributed by atoms with Gasteiger partial charge in [0, 0.05) is 5.33 Å². The third-order valence-corrected chi connectivity index (χ3v) is 2.27. The highest BCUT2D eigenvalue weighted by molar-refractivity contribution is 9.09. The molecule has 0 saturated carbocycles. The predicted molar refractivity (Wildman–Crippen MR) is 49.9 cm³/mol. The van der Waals surface area contributed by atoms with Crippen LogP contribution in [0.25, 0.3) is 0 Å². The van der Waals surface area contributed by atoms with Crippen LogP contribution in [0.5, 0.6) is 0 Å². The maximum absolute atomic E-state index is 9.24. The second kappa shape index (κ2) is 5.75. The first-order valence-corrected chi connectivity index (χ1v) is 4.77. The molecule has 0 aliphatic heterocycles. The molecule has 2 N–H and O–H groups in total. The molecule has 2 unspecified atom stereocenters. The van der Waals surface area contributed by atoms with Gasteiger partial charge in [0.25, 0.3) is 0 Å². The summed E-state index contributed by atoms with van der Waals surface area (Å²) in [6, 6.07) is 0. The van der Waals surface area contributed by atoms with Gasteiger partial charge in [0.15, 0.2) is 0 Å². The van der Waals surface area contributed by atoms with Gasteiger partial charge >= 0.3 is 0 Å². The van der Waals surface area contributed by atoms with Crippen LogP contribution in [0, 0.1) is 0 Å². The summed E-state index contributed by atoms with van der Waals surface area (Å²) in [5.74, 6) is 0. The second-order valence-corrected chi connectivity index (χ2v) is 3.40. The monoisotopic (exact) mass is 222 g/mol. The van der Waals surface area contributed by atoms with E-state index in [1.165, 1.54) is 0 Å². The third-order valence-electron chi connectivity index (χ3n) is 1.52. The number of halogens is 1.